The van der Waals surface area contributed by atoms with Gasteiger partial charge >= 0.3 is 0 Å². The summed E-state index contributed by atoms with van der Waals surface area (Å²) in [4.78, 5) is 13.6. The molecule has 0 aromatic heterocycles. The minimum atomic E-state index is -0.107. The van der Waals surface area contributed by atoms with E-state index in [1.165, 1.54) is 0 Å². The van der Waals surface area contributed by atoms with E-state index in [1.807, 2.05) is 32.0 Å². The normalized spacial score (nSPS) is 9.94. The average molecular weight is 281 g/mol. The van der Waals surface area contributed by atoms with Gasteiger partial charge in [0.25, 0.3) is 5.91 Å². The molecule has 0 unspecified atom stereocenters. The zero-order chi connectivity index (χ0) is 12.1. The Morgan fingerprint density at radius 3 is 2.44 bits per heavy atom. The molecular formula is C12H13BrN2O. The Balaban J connectivity index is 2.91. The van der Waals surface area contributed by atoms with E-state index >= 15 is 0 Å². The number of carbonyl (C=O) groups is 1. The van der Waals surface area contributed by atoms with Gasteiger partial charge in [-0.15, -0.1) is 0 Å². The fraction of sp³-hybridized carbons (Fsp3) is 0.333. The van der Waals surface area contributed by atoms with Gasteiger partial charge in [0.2, 0.25) is 0 Å². The minimum Gasteiger partial charge on any atom is -0.323 e. The number of nitrogens with zero attached hydrogens (tertiary/aromatic N) is 2. The van der Waals surface area contributed by atoms with E-state index in [-0.39, 0.29) is 18.5 Å². The highest BCUT2D eigenvalue weighted by atomic mass is 79.9. The fourth-order valence-electron chi connectivity index (χ4n) is 1.32. The Labute approximate surface area is 104 Å². The lowest BCUT2D eigenvalue weighted by atomic mass is 10.2. The Morgan fingerprint density at radius 2 is 2.00 bits per heavy atom. The molecule has 0 bridgehead atoms. The van der Waals surface area contributed by atoms with E-state index in [0.717, 1.165) is 4.47 Å². The summed E-state index contributed by atoms with van der Waals surface area (Å²) >= 11 is 3.31. The lowest BCUT2D eigenvalue weighted by Gasteiger charge is -2.23. The highest BCUT2D eigenvalue weighted by molar-refractivity contribution is 9.10. The van der Waals surface area contributed by atoms with Gasteiger partial charge in [0, 0.05) is 16.1 Å². The summed E-state index contributed by atoms with van der Waals surface area (Å²) in [6, 6.07) is 9.16. The minimum absolute atomic E-state index is 0.0239. The van der Waals surface area contributed by atoms with Crippen LogP contribution in [0.4, 0.5) is 0 Å². The van der Waals surface area contributed by atoms with Crippen LogP contribution in [0.3, 0.4) is 0 Å². The van der Waals surface area contributed by atoms with Crippen LogP contribution in [0.15, 0.2) is 28.7 Å². The molecule has 0 saturated heterocycles. The van der Waals surface area contributed by atoms with E-state index < -0.39 is 0 Å². The molecule has 0 aliphatic rings. The highest BCUT2D eigenvalue weighted by Gasteiger charge is 2.17. The van der Waals surface area contributed by atoms with Crippen LogP contribution in [0.25, 0.3) is 0 Å². The summed E-state index contributed by atoms with van der Waals surface area (Å²) < 4.78 is 0.931. The van der Waals surface area contributed by atoms with Gasteiger partial charge in [-0.25, -0.2) is 0 Å². The van der Waals surface area contributed by atoms with Gasteiger partial charge in [-0.3, -0.25) is 4.79 Å². The average Bonchev–Trinajstić information content (AvgIpc) is 2.25. The van der Waals surface area contributed by atoms with Crippen LogP contribution in [0.1, 0.15) is 24.2 Å². The van der Waals surface area contributed by atoms with E-state index in [9.17, 15) is 4.79 Å². The van der Waals surface area contributed by atoms with E-state index in [1.54, 1.807) is 17.0 Å². The predicted octanol–water partition coefficient (Wildman–Crippen LogP) is 2.82. The van der Waals surface area contributed by atoms with Gasteiger partial charge in [0.1, 0.15) is 6.54 Å². The molecule has 4 heteroatoms. The quantitative estimate of drug-likeness (QED) is 0.800. The molecule has 0 fully saturated rings. The molecule has 0 aliphatic carbocycles. The van der Waals surface area contributed by atoms with Crippen LogP contribution < -0.4 is 0 Å². The van der Waals surface area contributed by atoms with Crippen molar-refractivity contribution in [2.45, 2.75) is 19.9 Å². The van der Waals surface area contributed by atoms with Crippen molar-refractivity contribution in [2.75, 3.05) is 6.54 Å². The van der Waals surface area contributed by atoms with E-state index in [2.05, 4.69) is 15.9 Å². The second-order valence-electron chi connectivity index (χ2n) is 3.69. The van der Waals surface area contributed by atoms with Crippen molar-refractivity contribution in [1.82, 2.24) is 4.90 Å². The van der Waals surface area contributed by atoms with Crippen molar-refractivity contribution >= 4 is 21.8 Å². The lowest BCUT2D eigenvalue weighted by Crippen LogP contribution is -2.37. The number of nitriles is 1. The van der Waals surface area contributed by atoms with Gasteiger partial charge in [-0.2, -0.15) is 5.26 Å². The molecule has 0 N–H and O–H groups in total. The van der Waals surface area contributed by atoms with Gasteiger partial charge in [-0.1, -0.05) is 15.9 Å². The Bertz CT molecular complexity index is 406. The Hall–Kier alpha value is -1.34. The first-order chi connectivity index (χ1) is 7.56. The zero-order valence-corrected chi connectivity index (χ0v) is 10.9. The maximum absolute atomic E-state index is 12.0. The number of carbonyl (C=O) groups excluding carboxylic acids is 1. The third kappa shape index (κ3) is 3.07. The summed E-state index contributed by atoms with van der Waals surface area (Å²) in [5.41, 5.74) is 0.604. The topological polar surface area (TPSA) is 44.1 Å². The first-order valence-electron chi connectivity index (χ1n) is 4.99. The van der Waals surface area contributed by atoms with Crippen LogP contribution in [0.2, 0.25) is 0 Å². The SMILES string of the molecule is CC(C)N(CC#N)C(=O)c1ccc(Br)cc1. The molecule has 0 heterocycles. The molecular weight excluding hydrogens is 268 g/mol. The monoisotopic (exact) mass is 280 g/mol. The summed E-state index contributed by atoms with van der Waals surface area (Å²) in [5, 5.41) is 8.67. The number of rotatable bonds is 3. The van der Waals surface area contributed by atoms with Gasteiger partial charge in [0.15, 0.2) is 0 Å². The maximum Gasteiger partial charge on any atom is 0.254 e. The van der Waals surface area contributed by atoms with Crippen LogP contribution in [-0.4, -0.2) is 23.4 Å². The Morgan fingerprint density at radius 1 is 1.44 bits per heavy atom. The highest BCUT2D eigenvalue weighted by Crippen LogP contribution is 2.13. The number of hydrogen-bond acceptors (Lipinski definition) is 2. The van der Waals surface area contributed by atoms with Crippen molar-refractivity contribution in [1.29, 1.82) is 5.26 Å². The summed E-state index contributed by atoms with van der Waals surface area (Å²) in [6.45, 7) is 3.91. The standard InChI is InChI=1S/C12H13BrN2O/c1-9(2)15(8-7-14)12(16)10-3-5-11(13)6-4-10/h3-6,9H,8H2,1-2H3. The smallest absolute Gasteiger partial charge is 0.254 e. The predicted molar refractivity (Wildman–Crippen MR) is 65.9 cm³/mol. The van der Waals surface area contributed by atoms with Gasteiger partial charge in [-0.05, 0) is 38.1 Å². The van der Waals surface area contributed by atoms with Gasteiger partial charge < -0.3 is 4.90 Å². The van der Waals surface area contributed by atoms with Crippen LogP contribution >= 0.6 is 15.9 Å². The van der Waals surface area contributed by atoms with Gasteiger partial charge in [0.05, 0.1) is 6.07 Å². The molecule has 1 aromatic rings. The third-order valence-corrected chi connectivity index (χ3v) is 2.75. The first-order valence-corrected chi connectivity index (χ1v) is 5.79. The zero-order valence-electron chi connectivity index (χ0n) is 9.27. The molecule has 0 saturated carbocycles. The molecule has 0 atom stereocenters. The van der Waals surface area contributed by atoms with E-state index in [4.69, 9.17) is 5.26 Å². The first kappa shape index (κ1) is 12.7. The lowest BCUT2D eigenvalue weighted by molar-refractivity contribution is 0.0731. The third-order valence-electron chi connectivity index (χ3n) is 2.22. The fourth-order valence-corrected chi connectivity index (χ4v) is 1.59. The summed E-state index contributed by atoms with van der Waals surface area (Å²) in [6.07, 6.45) is 0. The number of amides is 1. The molecule has 16 heavy (non-hydrogen) atoms. The molecule has 1 amide bonds. The molecule has 3 nitrogen and oxygen atoms in total. The van der Waals surface area contributed by atoms with E-state index in [0.29, 0.717) is 5.56 Å². The molecule has 0 spiro atoms. The number of halogens is 1. The maximum atomic E-state index is 12.0. The Kier molecular flexibility index (Phi) is 4.51. The summed E-state index contributed by atoms with van der Waals surface area (Å²) in [5.74, 6) is -0.107. The second kappa shape index (κ2) is 5.66. The van der Waals surface area contributed by atoms with Crippen LogP contribution in [0.5, 0.6) is 0 Å². The molecule has 84 valence electrons. The summed E-state index contributed by atoms with van der Waals surface area (Å²) in [7, 11) is 0. The van der Waals surface area contributed by atoms with Crippen molar-refractivity contribution in [3.8, 4) is 6.07 Å². The van der Waals surface area contributed by atoms with Crippen LogP contribution in [-0.2, 0) is 0 Å². The van der Waals surface area contributed by atoms with Crippen molar-refractivity contribution < 1.29 is 4.79 Å². The number of hydrogen-bond donors (Lipinski definition) is 0. The number of benzene rings is 1. The molecule has 1 rings (SSSR count). The van der Waals surface area contributed by atoms with Crippen LogP contribution in [0, 0.1) is 11.3 Å². The van der Waals surface area contributed by atoms with Crippen molar-refractivity contribution in [3.05, 3.63) is 34.3 Å². The largest absolute Gasteiger partial charge is 0.323 e. The second-order valence-corrected chi connectivity index (χ2v) is 4.61. The van der Waals surface area contributed by atoms with Crippen molar-refractivity contribution in [2.24, 2.45) is 0 Å². The van der Waals surface area contributed by atoms with Crippen molar-refractivity contribution in [3.63, 3.8) is 0 Å². The molecule has 1 aromatic carbocycles. The molecule has 0 aliphatic heterocycles. The molecule has 0 radical (unpaired) electrons.